The molecular weight excluding hydrogens is 373 g/mol. The highest BCUT2D eigenvalue weighted by Crippen LogP contribution is 2.40. The predicted octanol–water partition coefficient (Wildman–Crippen LogP) is 5.05. The lowest BCUT2D eigenvalue weighted by Gasteiger charge is -2.27. The van der Waals surface area contributed by atoms with Crippen molar-refractivity contribution in [3.8, 4) is 16.9 Å². The van der Waals surface area contributed by atoms with Crippen LogP contribution in [0.1, 0.15) is 28.7 Å². The molecule has 2 aromatic carbocycles. The third kappa shape index (κ3) is 3.11. The molecule has 2 heterocycles. The number of rotatable bonds is 2. The number of alkyl halides is 3. The SMILES string of the molecule is Cc1noc(C)c1-c1ccc2c(c1)OC(c1cccc(C(F)(F)F)c1)C(=O)N2. The van der Waals surface area contributed by atoms with Crippen molar-refractivity contribution < 1.29 is 27.2 Å². The van der Waals surface area contributed by atoms with Gasteiger partial charge in [0.2, 0.25) is 6.10 Å². The average molecular weight is 388 g/mol. The zero-order valence-corrected chi connectivity index (χ0v) is 14.9. The summed E-state index contributed by atoms with van der Waals surface area (Å²) in [7, 11) is 0. The first-order valence-electron chi connectivity index (χ1n) is 8.46. The zero-order valence-electron chi connectivity index (χ0n) is 14.9. The molecule has 1 aromatic heterocycles. The average Bonchev–Trinajstić information content (AvgIpc) is 2.99. The third-order valence-corrected chi connectivity index (χ3v) is 4.56. The summed E-state index contributed by atoms with van der Waals surface area (Å²) in [5.41, 5.74) is 2.01. The zero-order chi connectivity index (χ0) is 20.1. The number of ether oxygens (including phenoxy) is 1. The molecule has 1 amide bonds. The molecule has 4 rings (SSSR count). The van der Waals surface area contributed by atoms with E-state index < -0.39 is 23.8 Å². The molecule has 0 radical (unpaired) electrons. The maximum absolute atomic E-state index is 13.0. The van der Waals surface area contributed by atoms with Gasteiger partial charge in [-0.05, 0) is 43.7 Å². The van der Waals surface area contributed by atoms with Gasteiger partial charge in [0.1, 0.15) is 11.5 Å². The van der Waals surface area contributed by atoms with Gasteiger partial charge in [0.05, 0.1) is 16.9 Å². The molecule has 0 saturated heterocycles. The summed E-state index contributed by atoms with van der Waals surface area (Å²) in [6, 6.07) is 9.74. The van der Waals surface area contributed by atoms with Gasteiger partial charge in [-0.2, -0.15) is 13.2 Å². The fraction of sp³-hybridized carbons (Fsp3) is 0.200. The van der Waals surface area contributed by atoms with Crippen LogP contribution in [0.4, 0.5) is 18.9 Å². The minimum atomic E-state index is -4.50. The Kier molecular flexibility index (Phi) is 4.14. The number of carbonyl (C=O) groups excluding carboxylic acids is 1. The van der Waals surface area contributed by atoms with E-state index in [1.54, 1.807) is 32.0 Å². The molecule has 1 aliphatic rings. The van der Waals surface area contributed by atoms with Crippen molar-refractivity contribution in [1.29, 1.82) is 0 Å². The monoisotopic (exact) mass is 388 g/mol. The molecule has 0 aliphatic carbocycles. The fourth-order valence-electron chi connectivity index (χ4n) is 3.25. The van der Waals surface area contributed by atoms with Crippen molar-refractivity contribution in [2.75, 3.05) is 5.32 Å². The number of aromatic nitrogens is 1. The molecular formula is C20H15F3N2O3. The molecule has 1 unspecified atom stereocenters. The molecule has 0 saturated carbocycles. The Morgan fingerprint density at radius 1 is 1.11 bits per heavy atom. The number of anilines is 1. The van der Waals surface area contributed by atoms with E-state index in [-0.39, 0.29) is 5.56 Å². The normalized spacial score (nSPS) is 16.3. The molecule has 144 valence electrons. The summed E-state index contributed by atoms with van der Waals surface area (Å²) in [6.45, 7) is 3.59. The number of hydrogen-bond acceptors (Lipinski definition) is 4. The molecule has 28 heavy (non-hydrogen) atoms. The van der Waals surface area contributed by atoms with Gasteiger partial charge in [0, 0.05) is 11.1 Å². The van der Waals surface area contributed by atoms with Crippen LogP contribution in [0.25, 0.3) is 11.1 Å². The number of hydrogen-bond donors (Lipinski definition) is 1. The van der Waals surface area contributed by atoms with Crippen LogP contribution >= 0.6 is 0 Å². The van der Waals surface area contributed by atoms with Crippen molar-refractivity contribution in [1.82, 2.24) is 5.16 Å². The first-order chi connectivity index (χ1) is 13.2. The van der Waals surface area contributed by atoms with E-state index in [1.807, 2.05) is 0 Å². The molecule has 3 aromatic rings. The van der Waals surface area contributed by atoms with Crippen LogP contribution in [0.15, 0.2) is 47.0 Å². The van der Waals surface area contributed by atoms with Crippen LogP contribution in [0.5, 0.6) is 5.75 Å². The first-order valence-corrected chi connectivity index (χ1v) is 8.46. The Morgan fingerprint density at radius 3 is 2.57 bits per heavy atom. The summed E-state index contributed by atoms with van der Waals surface area (Å²) in [5.74, 6) is 0.461. The van der Waals surface area contributed by atoms with Crippen LogP contribution in [0.3, 0.4) is 0 Å². The Balaban J connectivity index is 1.71. The molecule has 0 spiro atoms. The summed E-state index contributed by atoms with van der Waals surface area (Å²) < 4.78 is 50.0. The number of benzene rings is 2. The molecule has 0 bridgehead atoms. The van der Waals surface area contributed by atoms with E-state index in [9.17, 15) is 18.0 Å². The van der Waals surface area contributed by atoms with E-state index in [1.165, 1.54) is 12.1 Å². The van der Waals surface area contributed by atoms with Crippen LogP contribution < -0.4 is 10.1 Å². The molecule has 0 fully saturated rings. The van der Waals surface area contributed by atoms with Crippen molar-refractivity contribution >= 4 is 11.6 Å². The Morgan fingerprint density at radius 2 is 1.89 bits per heavy atom. The second-order valence-corrected chi connectivity index (χ2v) is 6.52. The van der Waals surface area contributed by atoms with Gasteiger partial charge in [-0.1, -0.05) is 23.4 Å². The lowest BCUT2D eigenvalue weighted by atomic mass is 10.0. The Bertz CT molecular complexity index is 1050. The number of fused-ring (bicyclic) bond motifs is 1. The highest BCUT2D eigenvalue weighted by Gasteiger charge is 2.34. The van der Waals surface area contributed by atoms with Gasteiger partial charge in [0.15, 0.2) is 0 Å². The summed E-state index contributed by atoms with van der Waals surface area (Å²) in [6.07, 6.45) is -5.69. The predicted molar refractivity (Wildman–Crippen MR) is 94.9 cm³/mol. The molecule has 5 nitrogen and oxygen atoms in total. The number of carbonyl (C=O) groups is 1. The standard InChI is InChI=1S/C20H15F3N2O3/c1-10-17(11(2)28-25-10)12-6-7-15-16(9-12)27-18(19(26)24-15)13-4-3-5-14(8-13)20(21,22)23/h3-9,18H,1-2H3,(H,24,26). The van der Waals surface area contributed by atoms with Crippen LogP contribution in [0, 0.1) is 13.8 Å². The molecule has 8 heteroatoms. The van der Waals surface area contributed by atoms with E-state index in [4.69, 9.17) is 9.26 Å². The minimum Gasteiger partial charge on any atom is -0.474 e. The number of nitrogens with zero attached hydrogens (tertiary/aromatic N) is 1. The summed E-state index contributed by atoms with van der Waals surface area (Å²) >= 11 is 0. The Hall–Kier alpha value is -3.29. The Labute approximate surface area is 158 Å². The maximum atomic E-state index is 13.0. The van der Waals surface area contributed by atoms with Crippen molar-refractivity contribution in [3.05, 3.63) is 65.0 Å². The lowest BCUT2D eigenvalue weighted by molar-refractivity contribution is -0.138. The first kappa shape index (κ1) is 18.1. The highest BCUT2D eigenvalue weighted by atomic mass is 19.4. The van der Waals surface area contributed by atoms with Gasteiger partial charge >= 0.3 is 6.18 Å². The minimum absolute atomic E-state index is 0.126. The highest BCUT2D eigenvalue weighted by molar-refractivity contribution is 5.98. The lowest BCUT2D eigenvalue weighted by Crippen LogP contribution is -2.30. The fourth-order valence-corrected chi connectivity index (χ4v) is 3.25. The number of aryl methyl sites for hydroxylation is 2. The van der Waals surface area contributed by atoms with Crippen LogP contribution in [0.2, 0.25) is 0 Å². The molecule has 1 N–H and O–H groups in total. The quantitative estimate of drug-likeness (QED) is 0.667. The topological polar surface area (TPSA) is 64.4 Å². The van der Waals surface area contributed by atoms with Gasteiger partial charge in [-0.3, -0.25) is 4.79 Å². The van der Waals surface area contributed by atoms with E-state index in [0.717, 1.165) is 23.3 Å². The van der Waals surface area contributed by atoms with Crippen molar-refractivity contribution in [2.45, 2.75) is 26.1 Å². The smallest absolute Gasteiger partial charge is 0.416 e. The van der Waals surface area contributed by atoms with E-state index in [2.05, 4.69) is 10.5 Å². The van der Waals surface area contributed by atoms with Crippen LogP contribution in [-0.4, -0.2) is 11.1 Å². The van der Waals surface area contributed by atoms with E-state index >= 15 is 0 Å². The summed E-state index contributed by atoms with van der Waals surface area (Å²) in [5, 5.41) is 6.60. The summed E-state index contributed by atoms with van der Waals surface area (Å²) in [4.78, 5) is 12.4. The van der Waals surface area contributed by atoms with Gasteiger partial charge in [-0.25, -0.2) is 0 Å². The second-order valence-electron chi connectivity index (χ2n) is 6.52. The maximum Gasteiger partial charge on any atom is 0.416 e. The van der Waals surface area contributed by atoms with Gasteiger partial charge in [-0.15, -0.1) is 0 Å². The third-order valence-electron chi connectivity index (χ3n) is 4.56. The number of halogens is 3. The molecule has 1 atom stereocenters. The van der Waals surface area contributed by atoms with Crippen molar-refractivity contribution in [3.63, 3.8) is 0 Å². The van der Waals surface area contributed by atoms with E-state index in [0.29, 0.717) is 22.9 Å². The van der Waals surface area contributed by atoms with Crippen LogP contribution in [-0.2, 0) is 11.0 Å². The number of nitrogens with one attached hydrogen (secondary N) is 1. The number of amides is 1. The van der Waals surface area contributed by atoms with Crippen molar-refractivity contribution in [2.24, 2.45) is 0 Å². The second kappa shape index (κ2) is 6.40. The largest absolute Gasteiger partial charge is 0.474 e. The van der Waals surface area contributed by atoms with Gasteiger partial charge < -0.3 is 14.6 Å². The molecule has 1 aliphatic heterocycles. The van der Waals surface area contributed by atoms with Gasteiger partial charge in [0.25, 0.3) is 5.91 Å².